The van der Waals surface area contributed by atoms with Gasteiger partial charge in [-0.3, -0.25) is 0 Å². The molecular weight excluding hydrogens is 226 g/mol. The van der Waals surface area contributed by atoms with Gasteiger partial charge in [0.05, 0.1) is 0 Å². The van der Waals surface area contributed by atoms with Crippen LogP contribution < -0.4 is 5.73 Å². The number of halogens is 1. The van der Waals surface area contributed by atoms with Crippen molar-refractivity contribution in [1.29, 1.82) is 0 Å². The third-order valence-electron chi connectivity index (χ3n) is 2.04. The molecule has 0 heterocycles. The van der Waals surface area contributed by atoms with E-state index in [1.54, 1.807) is 0 Å². The van der Waals surface area contributed by atoms with E-state index in [0.29, 0.717) is 6.04 Å². The molecule has 0 spiro atoms. The van der Waals surface area contributed by atoms with Crippen LogP contribution in [0.2, 0.25) is 0 Å². The fraction of sp³-hybridized carbons (Fsp3) is 0.455. The van der Waals surface area contributed by atoms with Crippen molar-refractivity contribution < 1.29 is 0 Å². The number of rotatable bonds is 4. The van der Waals surface area contributed by atoms with Crippen LogP contribution in [0.1, 0.15) is 25.3 Å². The van der Waals surface area contributed by atoms with E-state index in [-0.39, 0.29) is 0 Å². The van der Waals surface area contributed by atoms with E-state index in [9.17, 15) is 0 Å². The summed E-state index contributed by atoms with van der Waals surface area (Å²) in [6.07, 6.45) is 3.42. The van der Waals surface area contributed by atoms with Gasteiger partial charge in [-0.05, 0) is 43.9 Å². The lowest BCUT2D eigenvalue weighted by atomic mass is 10.1. The van der Waals surface area contributed by atoms with Gasteiger partial charge >= 0.3 is 0 Å². The molecular formula is C11H16BrN. The fourth-order valence-corrected chi connectivity index (χ4v) is 1.54. The molecule has 0 amide bonds. The van der Waals surface area contributed by atoms with Gasteiger partial charge in [0.2, 0.25) is 0 Å². The Labute approximate surface area is 88.5 Å². The van der Waals surface area contributed by atoms with Gasteiger partial charge in [-0.15, -0.1) is 0 Å². The van der Waals surface area contributed by atoms with E-state index < -0.39 is 0 Å². The lowest BCUT2D eigenvalue weighted by Gasteiger charge is -2.04. The Morgan fingerprint density at radius 3 is 2.46 bits per heavy atom. The normalized spacial score (nSPS) is 12.8. The molecule has 0 bridgehead atoms. The predicted octanol–water partition coefficient (Wildman–Crippen LogP) is 3.12. The summed E-state index contributed by atoms with van der Waals surface area (Å²) < 4.78 is 1.14. The van der Waals surface area contributed by atoms with E-state index in [2.05, 4.69) is 47.1 Å². The van der Waals surface area contributed by atoms with Gasteiger partial charge in [0.15, 0.2) is 0 Å². The van der Waals surface area contributed by atoms with Gasteiger partial charge in [-0.2, -0.15) is 0 Å². The highest BCUT2D eigenvalue weighted by atomic mass is 79.9. The van der Waals surface area contributed by atoms with Gasteiger partial charge < -0.3 is 5.73 Å². The van der Waals surface area contributed by atoms with Crippen molar-refractivity contribution in [3.05, 3.63) is 34.3 Å². The summed E-state index contributed by atoms with van der Waals surface area (Å²) >= 11 is 3.42. The molecule has 1 unspecified atom stereocenters. The maximum atomic E-state index is 5.67. The fourth-order valence-electron chi connectivity index (χ4n) is 1.28. The van der Waals surface area contributed by atoms with Crippen LogP contribution in [0.3, 0.4) is 0 Å². The van der Waals surface area contributed by atoms with E-state index in [0.717, 1.165) is 17.3 Å². The third kappa shape index (κ3) is 4.44. The van der Waals surface area contributed by atoms with Crippen molar-refractivity contribution in [2.24, 2.45) is 5.73 Å². The van der Waals surface area contributed by atoms with Crippen LogP contribution in [0.5, 0.6) is 0 Å². The number of hydrogen-bond acceptors (Lipinski definition) is 1. The van der Waals surface area contributed by atoms with Gasteiger partial charge in [0.25, 0.3) is 0 Å². The van der Waals surface area contributed by atoms with Crippen LogP contribution >= 0.6 is 15.9 Å². The smallest absolute Gasteiger partial charge is 0.0175 e. The van der Waals surface area contributed by atoms with Crippen molar-refractivity contribution in [1.82, 2.24) is 0 Å². The minimum Gasteiger partial charge on any atom is -0.328 e. The van der Waals surface area contributed by atoms with E-state index >= 15 is 0 Å². The zero-order valence-electron chi connectivity index (χ0n) is 7.96. The van der Waals surface area contributed by atoms with Gasteiger partial charge in [-0.1, -0.05) is 28.1 Å². The van der Waals surface area contributed by atoms with Gasteiger partial charge in [-0.25, -0.2) is 0 Å². The second-order valence-corrected chi connectivity index (χ2v) is 4.41. The first kappa shape index (κ1) is 10.7. The Morgan fingerprint density at radius 2 is 1.92 bits per heavy atom. The quantitative estimate of drug-likeness (QED) is 0.862. The largest absolute Gasteiger partial charge is 0.328 e. The highest BCUT2D eigenvalue weighted by Gasteiger charge is 1.96. The maximum absolute atomic E-state index is 5.67. The summed E-state index contributed by atoms with van der Waals surface area (Å²) in [6.45, 7) is 2.06. The average molecular weight is 242 g/mol. The molecule has 0 aliphatic rings. The Balaban J connectivity index is 2.33. The summed E-state index contributed by atoms with van der Waals surface area (Å²) in [5.74, 6) is 0. The van der Waals surface area contributed by atoms with Crippen molar-refractivity contribution in [2.75, 3.05) is 0 Å². The van der Waals surface area contributed by atoms with Crippen LogP contribution in [0.25, 0.3) is 0 Å². The zero-order chi connectivity index (χ0) is 9.68. The molecule has 13 heavy (non-hydrogen) atoms. The minimum atomic E-state index is 0.329. The van der Waals surface area contributed by atoms with E-state index in [1.165, 1.54) is 12.0 Å². The topological polar surface area (TPSA) is 26.0 Å². The standard InChI is InChI=1S/C11H16BrN/c1-9(13)3-2-4-10-5-7-11(12)8-6-10/h5-9H,2-4,13H2,1H3. The van der Waals surface area contributed by atoms with Crippen LogP contribution in [-0.4, -0.2) is 6.04 Å². The molecule has 1 nitrogen and oxygen atoms in total. The lowest BCUT2D eigenvalue weighted by Crippen LogP contribution is -2.14. The van der Waals surface area contributed by atoms with Crippen LogP contribution in [0.15, 0.2) is 28.7 Å². The molecule has 0 saturated heterocycles. The molecule has 72 valence electrons. The summed E-state index contributed by atoms with van der Waals surface area (Å²) in [5, 5.41) is 0. The van der Waals surface area contributed by atoms with Crippen LogP contribution in [-0.2, 0) is 6.42 Å². The lowest BCUT2D eigenvalue weighted by molar-refractivity contribution is 0.624. The first-order chi connectivity index (χ1) is 6.18. The highest BCUT2D eigenvalue weighted by Crippen LogP contribution is 2.12. The first-order valence-electron chi connectivity index (χ1n) is 4.68. The SMILES string of the molecule is CC(N)CCCc1ccc(Br)cc1. The summed E-state index contributed by atoms with van der Waals surface area (Å²) in [7, 11) is 0. The summed E-state index contributed by atoms with van der Waals surface area (Å²) in [6, 6.07) is 8.81. The second-order valence-electron chi connectivity index (χ2n) is 3.50. The van der Waals surface area contributed by atoms with Gasteiger partial charge in [0, 0.05) is 10.5 Å². The number of aryl methyl sites for hydroxylation is 1. The Bertz CT molecular complexity index is 241. The molecule has 0 radical (unpaired) electrons. The van der Waals surface area contributed by atoms with Crippen LogP contribution in [0, 0.1) is 0 Å². The van der Waals surface area contributed by atoms with Crippen LogP contribution in [0.4, 0.5) is 0 Å². The van der Waals surface area contributed by atoms with E-state index in [4.69, 9.17) is 5.73 Å². The van der Waals surface area contributed by atoms with E-state index in [1.807, 2.05) is 0 Å². The van der Waals surface area contributed by atoms with Crippen molar-refractivity contribution in [3.63, 3.8) is 0 Å². The molecule has 1 rings (SSSR count). The number of hydrogen-bond donors (Lipinski definition) is 1. The summed E-state index contributed by atoms with van der Waals surface area (Å²) in [4.78, 5) is 0. The Morgan fingerprint density at radius 1 is 1.31 bits per heavy atom. The summed E-state index contributed by atoms with van der Waals surface area (Å²) in [5.41, 5.74) is 7.07. The Hall–Kier alpha value is -0.340. The molecule has 1 atom stereocenters. The van der Waals surface area contributed by atoms with Crippen molar-refractivity contribution >= 4 is 15.9 Å². The maximum Gasteiger partial charge on any atom is 0.0175 e. The third-order valence-corrected chi connectivity index (χ3v) is 2.57. The van der Waals surface area contributed by atoms with Crippen molar-refractivity contribution in [2.45, 2.75) is 32.2 Å². The molecule has 2 N–H and O–H groups in total. The predicted molar refractivity (Wildman–Crippen MR) is 60.7 cm³/mol. The number of benzene rings is 1. The monoisotopic (exact) mass is 241 g/mol. The minimum absolute atomic E-state index is 0.329. The first-order valence-corrected chi connectivity index (χ1v) is 5.48. The molecule has 2 heteroatoms. The molecule has 0 aliphatic heterocycles. The zero-order valence-corrected chi connectivity index (χ0v) is 9.55. The molecule has 0 saturated carbocycles. The number of nitrogens with two attached hydrogens (primary N) is 1. The molecule has 0 aliphatic carbocycles. The van der Waals surface area contributed by atoms with Gasteiger partial charge in [0.1, 0.15) is 0 Å². The van der Waals surface area contributed by atoms with Crippen molar-refractivity contribution in [3.8, 4) is 0 Å². The Kier molecular flexibility index (Phi) is 4.46. The molecule has 1 aromatic carbocycles. The molecule has 0 aromatic heterocycles. The second kappa shape index (κ2) is 5.40. The average Bonchev–Trinajstić information content (AvgIpc) is 2.08. The molecule has 0 fully saturated rings. The molecule has 1 aromatic rings. The highest BCUT2D eigenvalue weighted by molar-refractivity contribution is 9.10.